The van der Waals surface area contributed by atoms with Crippen LogP contribution in [0.3, 0.4) is 0 Å². The van der Waals surface area contributed by atoms with Gasteiger partial charge in [-0.05, 0) is 58.2 Å². The molecule has 0 aliphatic carbocycles. The molecule has 0 radical (unpaired) electrons. The molecule has 2 atom stereocenters. The van der Waals surface area contributed by atoms with Gasteiger partial charge in [-0.1, -0.05) is 6.07 Å². The molecule has 3 aliphatic heterocycles. The van der Waals surface area contributed by atoms with Crippen LogP contribution in [-0.4, -0.2) is 83.2 Å². The van der Waals surface area contributed by atoms with Gasteiger partial charge < -0.3 is 14.5 Å². The van der Waals surface area contributed by atoms with Gasteiger partial charge in [-0.15, -0.1) is 0 Å². The third-order valence-corrected chi connectivity index (χ3v) is 7.11. The van der Waals surface area contributed by atoms with Crippen molar-refractivity contribution in [3.63, 3.8) is 0 Å². The number of hydrogen-bond acceptors (Lipinski definition) is 6. The van der Waals surface area contributed by atoms with Crippen LogP contribution in [0.5, 0.6) is 5.75 Å². The molecule has 3 heterocycles. The van der Waals surface area contributed by atoms with Crippen molar-refractivity contribution in [1.29, 1.82) is 0 Å². The highest BCUT2D eigenvalue weighted by Gasteiger charge is 2.40. The number of ether oxygens (including phenoxy) is 1. The van der Waals surface area contributed by atoms with Crippen molar-refractivity contribution >= 4 is 23.6 Å². The predicted molar refractivity (Wildman–Crippen MR) is 125 cm³/mol. The third kappa shape index (κ3) is 4.80. The van der Waals surface area contributed by atoms with E-state index in [-0.39, 0.29) is 30.2 Å². The number of imide groups is 1. The van der Waals surface area contributed by atoms with E-state index in [4.69, 9.17) is 4.74 Å². The van der Waals surface area contributed by atoms with Crippen molar-refractivity contribution in [2.24, 2.45) is 0 Å². The molecule has 0 bridgehead atoms. The fourth-order valence-electron chi connectivity index (χ4n) is 5.26. The molecule has 34 heavy (non-hydrogen) atoms. The Hall–Kier alpha value is -2.94. The van der Waals surface area contributed by atoms with Crippen molar-refractivity contribution in [1.82, 2.24) is 20.0 Å². The second-order valence-electron chi connectivity index (χ2n) is 9.09. The van der Waals surface area contributed by atoms with Gasteiger partial charge in [-0.25, -0.2) is 0 Å². The van der Waals surface area contributed by atoms with E-state index in [2.05, 4.69) is 10.2 Å². The first kappa shape index (κ1) is 24.2. The van der Waals surface area contributed by atoms with Crippen molar-refractivity contribution in [3.8, 4) is 5.75 Å². The number of piperidine rings is 1. The molecule has 2 saturated heterocycles. The standard InChI is InChI=1S/C25H34N4O5/c1-3-27(4-2)25(33)20-9-6-13-28(20)14-7-15-34-21-10-5-8-17-18(21)16-29(24(17)32)19-11-12-22(30)26-23(19)31/h5,8,10,19-20H,3-4,6-7,9,11-16H2,1-2H3,(H,26,30,31)/t19?,20-/m0/s1. The summed E-state index contributed by atoms with van der Waals surface area (Å²) in [5, 5.41) is 2.33. The lowest BCUT2D eigenvalue weighted by atomic mass is 10.0. The smallest absolute Gasteiger partial charge is 0.255 e. The lowest BCUT2D eigenvalue weighted by Crippen LogP contribution is -2.52. The largest absolute Gasteiger partial charge is 0.493 e. The SMILES string of the molecule is CCN(CC)C(=O)[C@@H]1CCCN1CCCOc1cccc2c1CN(C1CCC(=O)NC1=O)C2=O. The Labute approximate surface area is 200 Å². The van der Waals surface area contributed by atoms with Gasteiger partial charge in [0.05, 0.1) is 19.2 Å². The van der Waals surface area contributed by atoms with Crippen molar-refractivity contribution in [3.05, 3.63) is 29.3 Å². The van der Waals surface area contributed by atoms with Gasteiger partial charge >= 0.3 is 0 Å². The van der Waals surface area contributed by atoms with Crippen LogP contribution in [0.1, 0.15) is 61.9 Å². The summed E-state index contributed by atoms with van der Waals surface area (Å²) in [6.45, 7) is 7.97. The molecule has 1 unspecified atom stereocenters. The molecule has 0 spiro atoms. The van der Waals surface area contributed by atoms with Crippen LogP contribution in [0, 0.1) is 0 Å². The first-order chi connectivity index (χ1) is 16.4. The first-order valence-corrected chi connectivity index (χ1v) is 12.4. The fraction of sp³-hybridized carbons (Fsp3) is 0.600. The Balaban J connectivity index is 1.33. The predicted octanol–water partition coefficient (Wildman–Crippen LogP) is 1.55. The minimum atomic E-state index is -0.638. The topological polar surface area (TPSA) is 99.3 Å². The Morgan fingerprint density at radius 2 is 1.97 bits per heavy atom. The summed E-state index contributed by atoms with van der Waals surface area (Å²) in [4.78, 5) is 55.2. The van der Waals surface area contributed by atoms with E-state index >= 15 is 0 Å². The number of amides is 4. The van der Waals surface area contributed by atoms with E-state index in [1.807, 2.05) is 24.8 Å². The number of likely N-dealkylation sites (tertiary alicyclic amines) is 1. The molecule has 1 N–H and O–H groups in total. The van der Waals surface area contributed by atoms with Crippen molar-refractivity contribution in [2.75, 3.05) is 32.8 Å². The number of rotatable bonds is 9. The summed E-state index contributed by atoms with van der Waals surface area (Å²) >= 11 is 0. The fourth-order valence-corrected chi connectivity index (χ4v) is 5.26. The average molecular weight is 471 g/mol. The number of likely N-dealkylation sites (N-methyl/N-ethyl adjacent to an activating group) is 1. The normalized spacial score (nSPS) is 22.6. The first-order valence-electron chi connectivity index (χ1n) is 12.4. The van der Waals surface area contributed by atoms with Crippen LogP contribution in [0.25, 0.3) is 0 Å². The van der Waals surface area contributed by atoms with Crippen LogP contribution >= 0.6 is 0 Å². The van der Waals surface area contributed by atoms with Crippen LogP contribution in [-0.2, 0) is 20.9 Å². The van der Waals surface area contributed by atoms with E-state index in [1.54, 1.807) is 12.1 Å². The van der Waals surface area contributed by atoms with Crippen LogP contribution in [0.4, 0.5) is 0 Å². The number of carbonyl (C=O) groups excluding carboxylic acids is 4. The van der Waals surface area contributed by atoms with Gasteiger partial charge in [0.15, 0.2) is 0 Å². The number of hydrogen-bond donors (Lipinski definition) is 1. The lowest BCUT2D eigenvalue weighted by molar-refractivity contribution is -0.137. The molecule has 4 amide bonds. The molecular weight excluding hydrogens is 436 g/mol. The zero-order valence-corrected chi connectivity index (χ0v) is 20.0. The highest BCUT2D eigenvalue weighted by Crippen LogP contribution is 2.33. The Bertz CT molecular complexity index is 961. The van der Waals surface area contributed by atoms with Crippen LogP contribution < -0.4 is 10.1 Å². The van der Waals surface area contributed by atoms with Gasteiger partial charge in [0.2, 0.25) is 17.7 Å². The van der Waals surface area contributed by atoms with Gasteiger partial charge in [0.25, 0.3) is 5.91 Å². The van der Waals surface area contributed by atoms with Crippen LogP contribution in [0.15, 0.2) is 18.2 Å². The van der Waals surface area contributed by atoms with Crippen LogP contribution in [0.2, 0.25) is 0 Å². The van der Waals surface area contributed by atoms with Gasteiger partial charge in [0.1, 0.15) is 11.8 Å². The second kappa shape index (κ2) is 10.5. The molecule has 1 aromatic rings. The van der Waals surface area contributed by atoms with Gasteiger partial charge in [0, 0.05) is 37.2 Å². The number of fused-ring (bicyclic) bond motifs is 1. The average Bonchev–Trinajstić information content (AvgIpc) is 3.43. The lowest BCUT2D eigenvalue weighted by Gasteiger charge is -2.29. The molecule has 9 nitrogen and oxygen atoms in total. The zero-order chi connectivity index (χ0) is 24.2. The Morgan fingerprint density at radius 1 is 1.18 bits per heavy atom. The van der Waals surface area contributed by atoms with Gasteiger partial charge in [-0.2, -0.15) is 0 Å². The number of nitrogens with one attached hydrogen (secondary N) is 1. The van der Waals surface area contributed by atoms with Crippen molar-refractivity contribution < 1.29 is 23.9 Å². The summed E-state index contributed by atoms with van der Waals surface area (Å²) in [5.41, 5.74) is 1.33. The summed E-state index contributed by atoms with van der Waals surface area (Å²) in [7, 11) is 0. The summed E-state index contributed by atoms with van der Waals surface area (Å²) < 4.78 is 6.07. The van der Waals surface area contributed by atoms with E-state index in [9.17, 15) is 19.2 Å². The van der Waals surface area contributed by atoms with E-state index in [1.165, 1.54) is 4.90 Å². The van der Waals surface area contributed by atoms with E-state index in [0.29, 0.717) is 30.9 Å². The number of carbonyl (C=O) groups is 4. The molecule has 4 rings (SSSR count). The molecule has 2 fully saturated rings. The summed E-state index contributed by atoms with van der Waals surface area (Å²) in [6, 6.07) is 4.72. The van der Waals surface area contributed by atoms with Gasteiger partial charge in [-0.3, -0.25) is 29.4 Å². The zero-order valence-electron chi connectivity index (χ0n) is 20.0. The molecule has 0 aromatic heterocycles. The molecule has 1 aromatic carbocycles. The monoisotopic (exact) mass is 470 g/mol. The number of benzene rings is 1. The third-order valence-electron chi connectivity index (χ3n) is 7.11. The Morgan fingerprint density at radius 3 is 2.71 bits per heavy atom. The number of nitrogens with zero attached hydrogens (tertiary/aromatic N) is 3. The minimum absolute atomic E-state index is 0.0411. The minimum Gasteiger partial charge on any atom is -0.493 e. The molecule has 3 aliphatic rings. The highest BCUT2D eigenvalue weighted by molar-refractivity contribution is 6.05. The maximum absolute atomic E-state index is 12.9. The molecule has 0 saturated carbocycles. The summed E-state index contributed by atoms with van der Waals surface area (Å²) in [6.07, 6.45) is 3.28. The maximum atomic E-state index is 12.9. The van der Waals surface area contributed by atoms with E-state index < -0.39 is 11.9 Å². The Kier molecular flexibility index (Phi) is 7.50. The van der Waals surface area contributed by atoms with Crippen molar-refractivity contribution in [2.45, 2.75) is 64.6 Å². The second-order valence-corrected chi connectivity index (χ2v) is 9.09. The highest BCUT2D eigenvalue weighted by atomic mass is 16.5. The summed E-state index contributed by atoms with van der Waals surface area (Å²) in [5.74, 6) is -0.0493. The van der Waals surface area contributed by atoms with E-state index in [0.717, 1.165) is 51.0 Å². The molecule has 9 heteroatoms. The molecular formula is C25H34N4O5. The maximum Gasteiger partial charge on any atom is 0.255 e. The molecule has 184 valence electrons. The quantitative estimate of drug-likeness (QED) is 0.434.